The molecule has 1 aliphatic rings. The summed E-state index contributed by atoms with van der Waals surface area (Å²) >= 11 is 0. The van der Waals surface area contributed by atoms with Gasteiger partial charge in [0.1, 0.15) is 0 Å². The first-order valence-electron chi connectivity index (χ1n) is 7.33. The number of piperazine rings is 1. The molecule has 116 valence electrons. The van der Waals surface area contributed by atoms with E-state index in [1.807, 2.05) is 13.0 Å². The Morgan fingerprint density at radius 2 is 1.76 bits per heavy atom. The van der Waals surface area contributed by atoms with Gasteiger partial charge in [0.05, 0.1) is 5.56 Å². The number of hydrogen-bond donors (Lipinski definition) is 2. The summed E-state index contributed by atoms with van der Waals surface area (Å²) in [4.78, 5) is 16.0. The maximum absolute atomic E-state index is 11.3. The van der Waals surface area contributed by atoms with E-state index < -0.39 is 5.97 Å². The van der Waals surface area contributed by atoms with Gasteiger partial charge in [-0.2, -0.15) is 0 Å². The highest BCUT2D eigenvalue weighted by atomic mass is 16.4. The van der Waals surface area contributed by atoms with Crippen molar-refractivity contribution in [1.82, 2.24) is 4.90 Å². The van der Waals surface area contributed by atoms with Crippen LogP contribution in [0.3, 0.4) is 0 Å². The number of nitrogens with two attached hydrogens (primary N) is 1. The highest BCUT2D eigenvalue weighted by Gasteiger charge is 2.26. The van der Waals surface area contributed by atoms with E-state index in [4.69, 9.17) is 5.73 Å². The highest BCUT2D eigenvalue weighted by molar-refractivity contribution is 5.95. The van der Waals surface area contributed by atoms with Crippen LogP contribution in [0.5, 0.6) is 0 Å². The molecule has 0 aromatic heterocycles. The van der Waals surface area contributed by atoms with Gasteiger partial charge in [-0.05, 0) is 45.4 Å². The van der Waals surface area contributed by atoms with Gasteiger partial charge in [-0.15, -0.1) is 0 Å². The second kappa shape index (κ2) is 5.56. The van der Waals surface area contributed by atoms with Crippen molar-refractivity contribution in [2.75, 3.05) is 36.8 Å². The van der Waals surface area contributed by atoms with Crippen LogP contribution in [0.4, 0.5) is 11.4 Å². The van der Waals surface area contributed by atoms with E-state index in [0.29, 0.717) is 5.69 Å². The van der Waals surface area contributed by atoms with E-state index in [2.05, 4.69) is 30.6 Å². The summed E-state index contributed by atoms with van der Waals surface area (Å²) in [6.07, 6.45) is 0. The number of carboxylic acid groups (broad SMARTS) is 1. The minimum absolute atomic E-state index is 0.176. The molecule has 1 aromatic carbocycles. The second-order valence-electron chi connectivity index (χ2n) is 6.67. The summed E-state index contributed by atoms with van der Waals surface area (Å²) in [5.41, 5.74) is 8.36. The Morgan fingerprint density at radius 3 is 2.24 bits per heavy atom. The number of anilines is 2. The van der Waals surface area contributed by atoms with Crippen LogP contribution in [0.1, 0.15) is 36.7 Å². The molecule has 0 spiro atoms. The number of carboxylic acids is 1. The van der Waals surface area contributed by atoms with E-state index in [9.17, 15) is 9.90 Å². The number of nitrogen functional groups attached to an aromatic ring is 1. The third-order valence-electron chi connectivity index (χ3n) is 4.20. The molecule has 1 aliphatic heterocycles. The number of nitrogens with zero attached hydrogens (tertiary/aromatic N) is 2. The van der Waals surface area contributed by atoms with E-state index in [0.717, 1.165) is 37.4 Å². The van der Waals surface area contributed by atoms with Crippen molar-refractivity contribution >= 4 is 17.3 Å². The summed E-state index contributed by atoms with van der Waals surface area (Å²) in [6.45, 7) is 12.3. The first-order valence-corrected chi connectivity index (χ1v) is 7.33. The zero-order valence-corrected chi connectivity index (χ0v) is 13.3. The first-order chi connectivity index (χ1) is 9.70. The largest absolute Gasteiger partial charge is 0.478 e. The van der Waals surface area contributed by atoms with E-state index >= 15 is 0 Å². The van der Waals surface area contributed by atoms with Gasteiger partial charge >= 0.3 is 5.97 Å². The fraction of sp³-hybridized carbons (Fsp3) is 0.562. The number of rotatable bonds is 2. The molecule has 0 unspecified atom stereocenters. The minimum atomic E-state index is -0.967. The summed E-state index contributed by atoms with van der Waals surface area (Å²) in [5, 5.41) is 9.25. The molecule has 0 amide bonds. The number of aromatic carboxylic acids is 1. The zero-order chi connectivity index (χ0) is 15.8. The normalized spacial score (nSPS) is 17.0. The smallest absolute Gasteiger partial charge is 0.337 e. The lowest BCUT2D eigenvalue weighted by Gasteiger charge is -2.43. The molecule has 1 heterocycles. The lowest BCUT2D eigenvalue weighted by atomic mass is 10.0. The van der Waals surface area contributed by atoms with Gasteiger partial charge in [-0.1, -0.05) is 0 Å². The summed E-state index contributed by atoms with van der Waals surface area (Å²) < 4.78 is 0. The van der Waals surface area contributed by atoms with Crippen LogP contribution in [0.25, 0.3) is 0 Å². The molecule has 0 saturated carbocycles. The molecular formula is C16H25N3O2. The van der Waals surface area contributed by atoms with Crippen molar-refractivity contribution in [1.29, 1.82) is 0 Å². The van der Waals surface area contributed by atoms with Gasteiger partial charge < -0.3 is 15.7 Å². The average molecular weight is 291 g/mol. The topological polar surface area (TPSA) is 69.8 Å². The average Bonchev–Trinajstić information content (AvgIpc) is 2.40. The SMILES string of the molecule is Cc1cc(N2CCN(C(C)(C)C)CC2)cc(C(=O)O)c1N. The van der Waals surface area contributed by atoms with Crippen LogP contribution >= 0.6 is 0 Å². The summed E-state index contributed by atoms with van der Waals surface area (Å²) in [6, 6.07) is 3.67. The number of aryl methyl sites for hydroxylation is 1. The number of carbonyl (C=O) groups is 1. The van der Waals surface area contributed by atoms with Crippen molar-refractivity contribution in [2.24, 2.45) is 0 Å². The van der Waals surface area contributed by atoms with Gasteiger partial charge in [0.25, 0.3) is 0 Å². The highest BCUT2D eigenvalue weighted by Crippen LogP contribution is 2.27. The Bertz CT molecular complexity index is 541. The number of hydrogen-bond acceptors (Lipinski definition) is 4. The van der Waals surface area contributed by atoms with Crippen LogP contribution in [0, 0.1) is 6.92 Å². The molecule has 0 radical (unpaired) electrons. The standard InChI is InChI=1S/C16H25N3O2/c1-11-9-12(10-13(14(11)17)15(20)21)18-5-7-19(8-6-18)16(2,3)4/h9-10H,5-8,17H2,1-4H3,(H,20,21). The molecule has 21 heavy (non-hydrogen) atoms. The molecule has 1 aromatic rings. The van der Waals surface area contributed by atoms with E-state index in [-0.39, 0.29) is 11.1 Å². The van der Waals surface area contributed by atoms with Crippen LogP contribution < -0.4 is 10.6 Å². The zero-order valence-electron chi connectivity index (χ0n) is 13.3. The molecule has 2 rings (SSSR count). The van der Waals surface area contributed by atoms with E-state index in [1.54, 1.807) is 6.07 Å². The van der Waals surface area contributed by atoms with Gasteiger partial charge in [0.15, 0.2) is 0 Å². The monoisotopic (exact) mass is 291 g/mol. The quantitative estimate of drug-likeness (QED) is 0.817. The molecule has 5 heteroatoms. The fourth-order valence-corrected chi connectivity index (χ4v) is 2.77. The van der Waals surface area contributed by atoms with E-state index in [1.165, 1.54) is 0 Å². The van der Waals surface area contributed by atoms with Crippen LogP contribution in [0.2, 0.25) is 0 Å². The molecule has 3 N–H and O–H groups in total. The lowest BCUT2D eigenvalue weighted by Crippen LogP contribution is -2.53. The second-order valence-corrected chi connectivity index (χ2v) is 6.67. The fourth-order valence-electron chi connectivity index (χ4n) is 2.77. The first kappa shape index (κ1) is 15.6. The van der Waals surface area contributed by atoms with Crippen LogP contribution in [0.15, 0.2) is 12.1 Å². The third kappa shape index (κ3) is 3.29. The lowest BCUT2D eigenvalue weighted by molar-refractivity contribution is 0.0698. The van der Waals surface area contributed by atoms with Crippen molar-refractivity contribution < 1.29 is 9.90 Å². The molecule has 0 bridgehead atoms. The Labute approximate surface area is 126 Å². The molecular weight excluding hydrogens is 266 g/mol. The minimum Gasteiger partial charge on any atom is -0.478 e. The van der Waals surface area contributed by atoms with Crippen LogP contribution in [-0.4, -0.2) is 47.7 Å². The van der Waals surface area contributed by atoms with Gasteiger partial charge in [0, 0.05) is 43.1 Å². The van der Waals surface area contributed by atoms with Crippen LogP contribution in [-0.2, 0) is 0 Å². The van der Waals surface area contributed by atoms with Gasteiger partial charge in [0.2, 0.25) is 0 Å². The summed E-state index contributed by atoms with van der Waals surface area (Å²) in [7, 11) is 0. The predicted octanol–water partition coefficient (Wildman–Crippen LogP) is 2.20. The molecule has 0 atom stereocenters. The Kier molecular flexibility index (Phi) is 4.14. The summed E-state index contributed by atoms with van der Waals surface area (Å²) in [5.74, 6) is -0.967. The third-order valence-corrected chi connectivity index (χ3v) is 4.20. The predicted molar refractivity (Wildman–Crippen MR) is 86.1 cm³/mol. The van der Waals surface area contributed by atoms with Crippen molar-refractivity contribution in [3.05, 3.63) is 23.3 Å². The molecule has 0 aliphatic carbocycles. The van der Waals surface area contributed by atoms with Crippen molar-refractivity contribution in [3.8, 4) is 0 Å². The maximum Gasteiger partial charge on any atom is 0.337 e. The Hall–Kier alpha value is -1.75. The van der Waals surface area contributed by atoms with Gasteiger partial charge in [-0.3, -0.25) is 4.90 Å². The Morgan fingerprint density at radius 1 is 1.19 bits per heavy atom. The Balaban J connectivity index is 2.19. The van der Waals surface area contributed by atoms with Crippen molar-refractivity contribution in [3.63, 3.8) is 0 Å². The molecule has 1 saturated heterocycles. The molecule has 5 nitrogen and oxygen atoms in total. The number of benzene rings is 1. The van der Waals surface area contributed by atoms with Gasteiger partial charge in [-0.25, -0.2) is 4.79 Å². The maximum atomic E-state index is 11.3. The molecule has 1 fully saturated rings. The van der Waals surface area contributed by atoms with Crippen molar-refractivity contribution in [2.45, 2.75) is 33.2 Å².